The molecule has 2 heterocycles. The summed E-state index contributed by atoms with van der Waals surface area (Å²) in [4.78, 5) is 21.2. The molecule has 5 nitrogen and oxygen atoms in total. The van der Waals surface area contributed by atoms with E-state index in [4.69, 9.17) is 16.3 Å². The zero-order valence-corrected chi connectivity index (χ0v) is 9.21. The van der Waals surface area contributed by atoms with Crippen LogP contribution in [-0.4, -0.2) is 29.0 Å². The van der Waals surface area contributed by atoms with E-state index in [9.17, 15) is 4.79 Å². The largest absolute Gasteiger partial charge is 0.477 e. The molecule has 6 heteroatoms. The smallest absolute Gasteiger partial charge is 0.266 e. The van der Waals surface area contributed by atoms with Crippen molar-refractivity contribution >= 4 is 23.3 Å². The number of amides is 1. The lowest BCUT2D eigenvalue weighted by Gasteiger charge is -2.27. The summed E-state index contributed by atoms with van der Waals surface area (Å²) in [6.07, 6.45) is 0. The van der Waals surface area contributed by atoms with Gasteiger partial charge in [0, 0.05) is 6.54 Å². The van der Waals surface area contributed by atoms with Crippen molar-refractivity contribution in [1.82, 2.24) is 9.97 Å². The first-order valence-electron chi connectivity index (χ1n) is 4.60. The summed E-state index contributed by atoms with van der Waals surface area (Å²) in [7, 11) is 0. The van der Waals surface area contributed by atoms with Crippen LogP contribution in [0.25, 0.3) is 0 Å². The Balaban J connectivity index is 2.57. The predicted octanol–water partition coefficient (Wildman–Crippen LogP) is 1.18. The average Bonchev–Trinajstić information content (AvgIpc) is 2.17. The van der Waals surface area contributed by atoms with Gasteiger partial charge in [0.05, 0.1) is 0 Å². The highest BCUT2D eigenvalue weighted by Gasteiger charge is 2.28. The van der Waals surface area contributed by atoms with Gasteiger partial charge in [-0.25, -0.2) is 9.97 Å². The van der Waals surface area contributed by atoms with E-state index in [0.717, 1.165) is 0 Å². The van der Waals surface area contributed by atoms with Crippen molar-refractivity contribution in [3.8, 4) is 5.75 Å². The summed E-state index contributed by atoms with van der Waals surface area (Å²) < 4.78 is 5.21. The summed E-state index contributed by atoms with van der Waals surface area (Å²) in [5.74, 6) is 1.27. The topological polar surface area (TPSA) is 55.3 Å². The fourth-order valence-corrected chi connectivity index (χ4v) is 1.74. The van der Waals surface area contributed by atoms with Gasteiger partial charge in [-0.05, 0) is 13.8 Å². The maximum absolute atomic E-state index is 11.5. The van der Waals surface area contributed by atoms with Gasteiger partial charge in [-0.1, -0.05) is 11.6 Å². The van der Waals surface area contributed by atoms with Crippen molar-refractivity contribution in [2.45, 2.75) is 13.8 Å². The van der Waals surface area contributed by atoms with E-state index < -0.39 is 0 Å². The highest BCUT2D eigenvalue weighted by atomic mass is 35.5. The standard InChI is InChI=1S/C9H10ClN3O2/c1-3-13-6(14)4-15-7-8(10)11-5(2)12-9(7)13/h3-4H2,1-2H3. The van der Waals surface area contributed by atoms with Gasteiger partial charge in [0.15, 0.2) is 23.3 Å². The van der Waals surface area contributed by atoms with Crippen molar-refractivity contribution in [1.29, 1.82) is 0 Å². The summed E-state index contributed by atoms with van der Waals surface area (Å²) in [6.45, 7) is 4.13. The molecule has 0 unspecified atom stereocenters. The molecule has 80 valence electrons. The Morgan fingerprint density at radius 2 is 2.27 bits per heavy atom. The number of anilines is 1. The van der Waals surface area contributed by atoms with Crippen molar-refractivity contribution < 1.29 is 9.53 Å². The third kappa shape index (κ3) is 1.63. The predicted molar refractivity (Wildman–Crippen MR) is 55.3 cm³/mol. The molecule has 0 bridgehead atoms. The summed E-state index contributed by atoms with van der Waals surface area (Å²) in [5, 5.41) is 0.253. The van der Waals surface area contributed by atoms with Crippen molar-refractivity contribution in [3.05, 3.63) is 11.0 Å². The third-order valence-corrected chi connectivity index (χ3v) is 2.39. The zero-order chi connectivity index (χ0) is 11.0. The van der Waals surface area contributed by atoms with E-state index in [1.54, 1.807) is 11.8 Å². The molecule has 0 spiro atoms. The van der Waals surface area contributed by atoms with E-state index in [1.807, 2.05) is 6.92 Å². The second-order valence-corrected chi connectivity index (χ2v) is 3.50. The second kappa shape index (κ2) is 3.66. The van der Waals surface area contributed by atoms with Crippen LogP contribution in [0.15, 0.2) is 0 Å². The molecule has 15 heavy (non-hydrogen) atoms. The molecular formula is C9H10ClN3O2. The Labute approximate surface area is 92.0 Å². The van der Waals surface area contributed by atoms with Crippen LogP contribution in [0, 0.1) is 6.92 Å². The van der Waals surface area contributed by atoms with Gasteiger partial charge in [-0.2, -0.15) is 0 Å². The molecule has 1 aromatic rings. The van der Waals surface area contributed by atoms with E-state index in [1.165, 1.54) is 0 Å². The molecule has 0 aliphatic carbocycles. The number of nitrogens with zero attached hydrogens (tertiary/aromatic N) is 3. The molecule has 0 N–H and O–H groups in total. The van der Waals surface area contributed by atoms with Crippen LogP contribution in [0.3, 0.4) is 0 Å². The zero-order valence-electron chi connectivity index (χ0n) is 8.45. The van der Waals surface area contributed by atoms with Crippen molar-refractivity contribution in [2.75, 3.05) is 18.1 Å². The first kappa shape index (κ1) is 10.2. The molecule has 1 aliphatic rings. The normalized spacial score (nSPS) is 14.9. The van der Waals surface area contributed by atoms with Gasteiger partial charge in [-0.15, -0.1) is 0 Å². The molecular weight excluding hydrogens is 218 g/mol. The Morgan fingerprint density at radius 1 is 1.53 bits per heavy atom. The number of rotatable bonds is 1. The molecule has 1 amide bonds. The number of aryl methyl sites for hydroxylation is 1. The number of likely N-dealkylation sites (N-methyl/N-ethyl adjacent to an activating group) is 1. The molecule has 0 saturated heterocycles. The van der Waals surface area contributed by atoms with Crippen molar-refractivity contribution in [3.63, 3.8) is 0 Å². The third-order valence-electron chi connectivity index (χ3n) is 2.13. The number of aromatic nitrogens is 2. The number of carbonyl (C=O) groups is 1. The van der Waals surface area contributed by atoms with Gasteiger partial charge in [0.25, 0.3) is 5.91 Å². The first-order valence-corrected chi connectivity index (χ1v) is 4.98. The molecule has 0 fully saturated rings. The van der Waals surface area contributed by atoms with Gasteiger partial charge in [0.2, 0.25) is 0 Å². The molecule has 0 aromatic carbocycles. The lowest BCUT2D eigenvalue weighted by molar-refractivity contribution is -0.121. The molecule has 0 saturated carbocycles. The van der Waals surface area contributed by atoms with Gasteiger partial charge >= 0.3 is 0 Å². The minimum absolute atomic E-state index is 0.00696. The maximum atomic E-state index is 11.5. The Hall–Kier alpha value is -1.36. The van der Waals surface area contributed by atoms with E-state index in [2.05, 4.69) is 9.97 Å². The number of ether oxygens (including phenoxy) is 1. The quantitative estimate of drug-likeness (QED) is 0.676. The molecule has 1 aromatic heterocycles. The van der Waals surface area contributed by atoms with E-state index in [0.29, 0.717) is 23.9 Å². The van der Waals surface area contributed by atoms with Gasteiger partial charge in [-0.3, -0.25) is 9.69 Å². The van der Waals surface area contributed by atoms with Crippen LogP contribution in [0.2, 0.25) is 5.15 Å². The van der Waals surface area contributed by atoms with Crippen LogP contribution in [0.1, 0.15) is 12.7 Å². The summed E-state index contributed by atoms with van der Waals surface area (Å²) >= 11 is 5.90. The van der Waals surface area contributed by atoms with Gasteiger partial charge < -0.3 is 4.74 Å². The van der Waals surface area contributed by atoms with Gasteiger partial charge in [0.1, 0.15) is 5.82 Å². The number of fused-ring (bicyclic) bond motifs is 1. The molecule has 1 aliphatic heterocycles. The molecule has 0 atom stereocenters. The number of hydrogen-bond acceptors (Lipinski definition) is 4. The van der Waals surface area contributed by atoms with E-state index in [-0.39, 0.29) is 17.7 Å². The van der Waals surface area contributed by atoms with Crippen LogP contribution < -0.4 is 9.64 Å². The number of halogens is 1. The van der Waals surface area contributed by atoms with Crippen LogP contribution in [0.5, 0.6) is 5.75 Å². The lowest BCUT2D eigenvalue weighted by atomic mass is 10.3. The second-order valence-electron chi connectivity index (χ2n) is 3.14. The minimum Gasteiger partial charge on any atom is -0.477 e. The molecule has 0 radical (unpaired) electrons. The van der Waals surface area contributed by atoms with Crippen LogP contribution >= 0.6 is 11.6 Å². The summed E-state index contributed by atoms with van der Waals surface area (Å²) in [5.41, 5.74) is 0. The van der Waals surface area contributed by atoms with Crippen LogP contribution in [0.4, 0.5) is 5.82 Å². The van der Waals surface area contributed by atoms with Crippen LogP contribution in [-0.2, 0) is 4.79 Å². The highest BCUT2D eigenvalue weighted by Crippen LogP contribution is 2.35. The van der Waals surface area contributed by atoms with Crippen molar-refractivity contribution in [2.24, 2.45) is 0 Å². The minimum atomic E-state index is -0.112. The average molecular weight is 228 g/mol. The maximum Gasteiger partial charge on any atom is 0.266 e. The highest BCUT2D eigenvalue weighted by molar-refractivity contribution is 6.31. The SMILES string of the molecule is CCN1C(=O)COc2c(Cl)nc(C)nc21. The molecule has 2 rings (SSSR count). The lowest BCUT2D eigenvalue weighted by Crippen LogP contribution is -2.39. The monoisotopic (exact) mass is 227 g/mol. The number of carbonyl (C=O) groups excluding carboxylic acids is 1. The first-order chi connectivity index (χ1) is 7.13. The Bertz CT molecular complexity index is 422. The van der Waals surface area contributed by atoms with E-state index >= 15 is 0 Å². The number of hydrogen-bond donors (Lipinski definition) is 0. The fraction of sp³-hybridized carbons (Fsp3) is 0.444. The summed E-state index contributed by atoms with van der Waals surface area (Å²) in [6, 6.07) is 0. The Morgan fingerprint density at radius 3 is 2.93 bits per heavy atom. The fourth-order valence-electron chi connectivity index (χ4n) is 1.48. The Kier molecular flexibility index (Phi) is 2.48.